The van der Waals surface area contributed by atoms with Crippen LogP contribution in [0.3, 0.4) is 0 Å². The number of benzene rings is 4. The van der Waals surface area contributed by atoms with Crippen LogP contribution in [0.25, 0.3) is 0 Å². The van der Waals surface area contributed by atoms with Gasteiger partial charge in [-0.05, 0) is 74.4 Å². The second-order valence-corrected chi connectivity index (χ2v) is 15.1. The standard InChI is InChI=1S/C34H35Br2N3O4S/c1-34(2,3)37-33(41)31(21-25-12-6-4-7-13-25)38(23-26-14-10-15-27(35)20-26)32(40)24-39(29-17-11-16-28(36)22-29)44(42,43)30-18-8-5-9-19-30/h4-20,22,31H,21,23-24H2,1-3H3,(H,37,41)/t31-/m0/s1. The molecule has 4 aromatic carbocycles. The number of amides is 2. The molecule has 0 spiro atoms. The van der Waals surface area contributed by atoms with Crippen LogP contribution in [0, 0.1) is 0 Å². The highest BCUT2D eigenvalue weighted by Crippen LogP contribution is 2.27. The van der Waals surface area contributed by atoms with E-state index in [-0.39, 0.29) is 23.8 Å². The first-order valence-electron chi connectivity index (χ1n) is 14.1. The summed E-state index contributed by atoms with van der Waals surface area (Å²) in [7, 11) is -4.16. The molecule has 0 aromatic heterocycles. The van der Waals surface area contributed by atoms with Gasteiger partial charge in [0.2, 0.25) is 11.8 Å². The second kappa shape index (κ2) is 14.5. The summed E-state index contributed by atoms with van der Waals surface area (Å²) >= 11 is 6.94. The van der Waals surface area contributed by atoms with Gasteiger partial charge in [0.1, 0.15) is 12.6 Å². The van der Waals surface area contributed by atoms with Crippen LogP contribution in [-0.2, 0) is 32.6 Å². The monoisotopic (exact) mass is 739 g/mol. The van der Waals surface area contributed by atoms with Crippen molar-refractivity contribution in [3.8, 4) is 0 Å². The van der Waals surface area contributed by atoms with E-state index in [2.05, 4.69) is 37.2 Å². The smallest absolute Gasteiger partial charge is 0.264 e. The molecule has 1 N–H and O–H groups in total. The van der Waals surface area contributed by atoms with Gasteiger partial charge in [0.15, 0.2) is 0 Å². The zero-order valence-electron chi connectivity index (χ0n) is 24.8. The van der Waals surface area contributed by atoms with Crippen molar-refractivity contribution in [1.82, 2.24) is 10.2 Å². The number of rotatable bonds is 11. The van der Waals surface area contributed by atoms with Crippen LogP contribution >= 0.6 is 31.9 Å². The first-order valence-corrected chi connectivity index (χ1v) is 17.1. The van der Waals surface area contributed by atoms with Crippen molar-refractivity contribution >= 4 is 59.4 Å². The Morgan fingerprint density at radius 3 is 1.93 bits per heavy atom. The largest absolute Gasteiger partial charge is 0.350 e. The number of carbonyl (C=O) groups excluding carboxylic acids is 2. The molecule has 4 rings (SSSR count). The number of hydrogen-bond donors (Lipinski definition) is 1. The van der Waals surface area contributed by atoms with Gasteiger partial charge in [0, 0.05) is 27.4 Å². The summed E-state index contributed by atoms with van der Waals surface area (Å²) in [6.45, 7) is 5.21. The number of carbonyl (C=O) groups is 2. The Labute approximate surface area is 276 Å². The molecule has 230 valence electrons. The third-order valence-electron chi connectivity index (χ3n) is 6.72. The van der Waals surface area contributed by atoms with Gasteiger partial charge in [0.25, 0.3) is 10.0 Å². The predicted octanol–water partition coefficient (Wildman–Crippen LogP) is 6.96. The highest BCUT2D eigenvalue weighted by Gasteiger charge is 2.35. The van der Waals surface area contributed by atoms with Crippen molar-refractivity contribution in [2.75, 3.05) is 10.8 Å². The van der Waals surface area contributed by atoms with Gasteiger partial charge in [0.05, 0.1) is 10.6 Å². The predicted molar refractivity (Wildman–Crippen MR) is 182 cm³/mol. The number of hydrogen-bond acceptors (Lipinski definition) is 4. The SMILES string of the molecule is CC(C)(C)NC(=O)[C@H](Cc1ccccc1)N(Cc1cccc(Br)c1)C(=O)CN(c1cccc(Br)c1)S(=O)(=O)c1ccccc1. The average molecular weight is 742 g/mol. The van der Waals surface area contributed by atoms with E-state index in [1.54, 1.807) is 42.5 Å². The van der Waals surface area contributed by atoms with Crippen molar-refractivity contribution in [3.05, 3.63) is 129 Å². The fourth-order valence-corrected chi connectivity index (χ4v) is 6.98. The topological polar surface area (TPSA) is 86.8 Å². The minimum Gasteiger partial charge on any atom is -0.350 e. The first-order chi connectivity index (χ1) is 20.8. The Kier molecular flexibility index (Phi) is 11.0. The van der Waals surface area contributed by atoms with E-state index in [1.807, 2.05) is 75.4 Å². The molecule has 1 atom stereocenters. The average Bonchev–Trinajstić information content (AvgIpc) is 2.97. The number of nitrogens with zero attached hydrogens (tertiary/aromatic N) is 2. The summed E-state index contributed by atoms with van der Waals surface area (Å²) in [5.74, 6) is -0.848. The lowest BCUT2D eigenvalue weighted by Gasteiger charge is -2.35. The van der Waals surface area contributed by atoms with E-state index in [1.165, 1.54) is 17.0 Å². The molecule has 0 unspecified atom stereocenters. The van der Waals surface area contributed by atoms with E-state index < -0.39 is 34.1 Å². The van der Waals surface area contributed by atoms with Gasteiger partial charge in [-0.25, -0.2) is 8.42 Å². The molecule has 7 nitrogen and oxygen atoms in total. The Balaban J connectivity index is 1.82. The number of halogens is 2. The van der Waals surface area contributed by atoms with E-state index in [9.17, 15) is 18.0 Å². The highest BCUT2D eigenvalue weighted by atomic mass is 79.9. The van der Waals surface area contributed by atoms with Gasteiger partial charge in [-0.3, -0.25) is 13.9 Å². The fraction of sp³-hybridized carbons (Fsp3) is 0.235. The van der Waals surface area contributed by atoms with Crippen LogP contribution in [0.1, 0.15) is 31.9 Å². The highest BCUT2D eigenvalue weighted by molar-refractivity contribution is 9.10. The maximum atomic E-state index is 14.5. The first kappa shape index (κ1) is 33.4. The van der Waals surface area contributed by atoms with Crippen LogP contribution in [0.5, 0.6) is 0 Å². The number of sulfonamides is 1. The van der Waals surface area contributed by atoms with Crippen LogP contribution in [0.2, 0.25) is 0 Å². The van der Waals surface area contributed by atoms with E-state index in [0.717, 1.165) is 19.9 Å². The second-order valence-electron chi connectivity index (χ2n) is 11.4. The van der Waals surface area contributed by atoms with Gasteiger partial charge in [-0.15, -0.1) is 0 Å². The Morgan fingerprint density at radius 1 is 0.773 bits per heavy atom. The molecule has 44 heavy (non-hydrogen) atoms. The van der Waals surface area contributed by atoms with Gasteiger partial charge >= 0.3 is 0 Å². The van der Waals surface area contributed by atoms with E-state index >= 15 is 0 Å². The van der Waals surface area contributed by atoms with Crippen molar-refractivity contribution in [2.24, 2.45) is 0 Å². The maximum Gasteiger partial charge on any atom is 0.264 e. The summed E-state index contributed by atoms with van der Waals surface area (Å²) in [5, 5.41) is 3.04. The quantitative estimate of drug-likeness (QED) is 0.180. The van der Waals surface area contributed by atoms with E-state index in [0.29, 0.717) is 10.2 Å². The zero-order valence-corrected chi connectivity index (χ0v) is 28.8. The molecular weight excluding hydrogens is 706 g/mol. The maximum absolute atomic E-state index is 14.5. The molecule has 10 heteroatoms. The third-order valence-corrected chi connectivity index (χ3v) is 9.49. The van der Waals surface area contributed by atoms with Gasteiger partial charge < -0.3 is 10.2 Å². The Hall–Kier alpha value is -3.47. The van der Waals surface area contributed by atoms with Crippen molar-refractivity contribution < 1.29 is 18.0 Å². The van der Waals surface area contributed by atoms with Crippen LogP contribution in [-0.4, -0.2) is 43.3 Å². The molecule has 0 saturated heterocycles. The molecule has 0 aliphatic rings. The van der Waals surface area contributed by atoms with Crippen molar-refractivity contribution in [1.29, 1.82) is 0 Å². The van der Waals surface area contributed by atoms with Crippen LogP contribution in [0.4, 0.5) is 5.69 Å². The van der Waals surface area contributed by atoms with Gasteiger partial charge in [-0.2, -0.15) is 0 Å². The molecular formula is C34H35Br2N3O4S. The zero-order chi connectivity index (χ0) is 31.9. The Morgan fingerprint density at radius 2 is 1.34 bits per heavy atom. The van der Waals surface area contributed by atoms with Crippen molar-refractivity contribution in [3.63, 3.8) is 0 Å². The van der Waals surface area contributed by atoms with Crippen molar-refractivity contribution in [2.45, 2.75) is 50.2 Å². The Bertz CT molecular complexity index is 1690. The van der Waals surface area contributed by atoms with Gasteiger partial charge in [-0.1, -0.05) is 98.6 Å². The minimum absolute atomic E-state index is 0.0534. The summed E-state index contributed by atoms with van der Waals surface area (Å²) in [4.78, 5) is 30.0. The third kappa shape index (κ3) is 9.03. The molecule has 4 aromatic rings. The van der Waals surface area contributed by atoms with Crippen LogP contribution < -0.4 is 9.62 Å². The molecule has 0 aliphatic carbocycles. The lowest BCUT2D eigenvalue weighted by Crippen LogP contribution is -2.56. The molecule has 0 saturated carbocycles. The molecule has 0 aliphatic heterocycles. The fourth-order valence-electron chi connectivity index (χ4n) is 4.72. The summed E-state index contributed by atoms with van der Waals surface area (Å²) in [6.07, 6.45) is 0.241. The molecule has 0 heterocycles. The molecule has 0 bridgehead atoms. The van der Waals surface area contributed by atoms with Crippen LogP contribution in [0.15, 0.2) is 123 Å². The lowest BCUT2D eigenvalue weighted by atomic mass is 10.0. The summed E-state index contributed by atoms with van der Waals surface area (Å²) in [5.41, 5.74) is 1.41. The lowest BCUT2D eigenvalue weighted by molar-refractivity contribution is -0.140. The number of anilines is 1. The molecule has 0 fully saturated rings. The number of nitrogens with one attached hydrogen (secondary N) is 1. The minimum atomic E-state index is -4.16. The summed E-state index contributed by atoms with van der Waals surface area (Å²) < 4.78 is 30.7. The normalized spacial score (nSPS) is 12.3. The van der Waals surface area contributed by atoms with E-state index in [4.69, 9.17) is 0 Å². The molecule has 0 radical (unpaired) electrons. The summed E-state index contributed by atoms with van der Waals surface area (Å²) in [6, 6.07) is 30.9. The molecule has 2 amide bonds.